The first kappa shape index (κ1) is 12.4. The Kier molecular flexibility index (Phi) is 3.20. The summed E-state index contributed by atoms with van der Waals surface area (Å²) in [6.07, 6.45) is 3.23. The lowest BCUT2D eigenvalue weighted by Crippen LogP contribution is -2.08. The summed E-state index contributed by atoms with van der Waals surface area (Å²) in [5.41, 5.74) is 1.85. The second-order valence-electron chi connectivity index (χ2n) is 4.50. The molecule has 0 radical (unpaired) electrons. The molecule has 1 atom stereocenters. The molecule has 0 saturated carbocycles. The molecule has 0 unspecified atom stereocenters. The standard InChI is InChI=1S/C14H15N5O/c1-9(10-4-3-5-11(6-10)20-2)18-13-12-7-17-19-14(12)16-8-15-13/h3-9H,1-2H3,(H2,15,16,17,18,19)/t9-/m1/s1. The molecule has 0 fully saturated rings. The van der Waals surface area contributed by atoms with E-state index in [1.54, 1.807) is 13.3 Å². The third kappa shape index (κ3) is 2.27. The van der Waals surface area contributed by atoms with Crippen LogP contribution in [0.25, 0.3) is 11.0 Å². The van der Waals surface area contributed by atoms with Gasteiger partial charge in [-0.15, -0.1) is 0 Å². The zero-order valence-corrected chi connectivity index (χ0v) is 11.3. The normalized spacial score (nSPS) is 12.3. The van der Waals surface area contributed by atoms with E-state index < -0.39 is 0 Å². The van der Waals surface area contributed by atoms with Gasteiger partial charge in [-0.3, -0.25) is 5.10 Å². The lowest BCUT2D eigenvalue weighted by atomic mass is 10.1. The number of nitrogens with one attached hydrogen (secondary N) is 2. The highest BCUT2D eigenvalue weighted by Crippen LogP contribution is 2.24. The third-order valence-electron chi connectivity index (χ3n) is 3.20. The Balaban J connectivity index is 1.88. The molecule has 2 N–H and O–H groups in total. The molecule has 20 heavy (non-hydrogen) atoms. The molecule has 0 aliphatic heterocycles. The molecular formula is C14H15N5O. The zero-order chi connectivity index (χ0) is 13.9. The first-order chi connectivity index (χ1) is 9.78. The fraction of sp³-hybridized carbons (Fsp3) is 0.214. The summed E-state index contributed by atoms with van der Waals surface area (Å²) in [7, 11) is 1.66. The van der Waals surface area contributed by atoms with Crippen LogP contribution in [0.15, 0.2) is 36.8 Å². The Labute approximate surface area is 116 Å². The van der Waals surface area contributed by atoms with Crippen LogP contribution in [0.5, 0.6) is 5.75 Å². The van der Waals surface area contributed by atoms with Gasteiger partial charge in [-0.25, -0.2) is 9.97 Å². The van der Waals surface area contributed by atoms with E-state index in [4.69, 9.17) is 4.74 Å². The molecule has 2 aromatic heterocycles. The number of fused-ring (bicyclic) bond motifs is 1. The molecule has 1 aromatic carbocycles. The average Bonchev–Trinajstić information content (AvgIpc) is 2.97. The SMILES string of the molecule is COc1cccc([C@@H](C)Nc2ncnc3[nH]ncc23)c1. The summed E-state index contributed by atoms with van der Waals surface area (Å²) in [6, 6.07) is 8.05. The highest BCUT2D eigenvalue weighted by Gasteiger charge is 2.10. The molecule has 0 spiro atoms. The van der Waals surface area contributed by atoms with Gasteiger partial charge in [0.1, 0.15) is 17.9 Å². The lowest BCUT2D eigenvalue weighted by Gasteiger charge is -2.16. The van der Waals surface area contributed by atoms with Gasteiger partial charge in [-0.1, -0.05) is 12.1 Å². The summed E-state index contributed by atoms with van der Waals surface area (Å²) in [4.78, 5) is 8.39. The fourth-order valence-electron chi connectivity index (χ4n) is 2.08. The average molecular weight is 269 g/mol. The number of methoxy groups -OCH3 is 1. The topological polar surface area (TPSA) is 75.7 Å². The number of rotatable bonds is 4. The minimum absolute atomic E-state index is 0.0955. The Hall–Kier alpha value is -2.63. The van der Waals surface area contributed by atoms with E-state index in [2.05, 4.69) is 32.4 Å². The van der Waals surface area contributed by atoms with Crippen molar-refractivity contribution >= 4 is 16.9 Å². The van der Waals surface area contributed by atoms with E-state index in [0.717, 1.165) is 28.2 Å². The number of benzene rings is 1. The third-order valence-corrected chi connectivity index (χ3v) is 3.20. The fourth-order valence-corrected chi connectivity index (χ4v) is 2.08. The van der Waals surface area contributed by atoms with Gasteiger partial charge >= 0.3 is 0 Å². The van der Waals surface area contributed by atoms with Crippen molar-refractivity contribution in [2.24, 2.45) is 0 Å². The Morgan fingerprint density at radius 3 is 3.05 bits per heavy atom. The summed E-state index contributed by atoms with van der Waals surface area (Å²) in [5, 5.41) is 11.1. The molecule has 6 nitrogen and oxygen atoms in total. The number of hydrogen-bond acceptors (Lipinski definition) is 5. The van der Waals surface area contributed by atoms with Crippen LogP contribution in [-0.2, 0) is 0 Å². The monoisotopic (exact) mass is 269 g/mol. The highest BCUT2D eigenvalue weighted by atomic mass is 16.5. The molecular weight excluding hydrogens is 254 g/mol. The van der Waals surface area contributed by atoms with Gasteiger partial charge in [0.05, 0.1) is 24.7 Å². The molecule has 0 aliphatic carbocycles. The zero-order valence-electron chi connectivity index (χ0n) is 11.3. The van der Waals surface area contributed by atoms with Crippen LogP contribution in [0.2, 0.25) is 0 Å². The lowest BCUT2D eigenvalue weighted by molar-refractivity contribution is 0.414. The van der Waals surface area contributed by atoms with E-state index in [1.165, 1.54) is 6.33 Å². The number of aromatic nitrogens is 4. The van der Waals surface area contributed by atoms with Crippen molar-refractivity contribution in [2.45, 2.75) is 13.0 Å². The van der Waals surface area contributed by atoms with Crippen molar-refractivity contribution < 1.29 is 4.74 Å². The maximum absolute atomic E-state index is 5.24. The first-order valence-electron chi connectivity index (χ1n) is 6.32. The molecule has 3 rings (SSSR count). The van der Waals surface area contributed by atoms with Crippen LogP contribution in [0.4, 0.5) is 5.82 Å². The van der Waals surface area contributed by atoms with Crippen molar-refractivity contribution in [3.8, 4) is 5.75 Å². The Morgan fingerprint density at radius 2 is 2.20 bits per heavy atom. The molecule has 6 heteroatoms. The van der Waals surface area contributed by atoms with Crippen LogP contribution < -0.4 is 10.1 Å². The number of hydrogen-bond donors (Lipinski definition) is 2. The highest BCUT2D eigenvalue weighted by molar-refractivity contribution is 5.85. The second kappa shape index (κ2) is 5.16. The van der Waals surface area contributed by atoms with Gasteiger partial charge in [0.15, 0.2) is 5.65 Å². The van der Waals surface area contributed by atoms with Crippen molar-refractivity contribution in [2.75, 3.05) is 12.4 Å². The minimum atomic E-state index is 0.0955. The second-order valence-corrected chi connectivity index (χ2v) is 4.50. The summed E-state index contributed by atoms with van der Waals surface area (Å²) < 4.78 is 5.24. The van der Waals surface area contributed by atoms with Crippen LogP contribution in [-0.4, -0.2) is 27.3 Å². The number of nitrogens with zero attached hydrogens (tertiary/aromatic N) is 3. The van der Waals surface area contributed by atoms with E-state index in [9.17, 15) is 0 Å². The molecule has 102 valence electrons. The quantitative estimate of drug-likeness (QED) is 0.761. The number of aromatic amines is 1. The number of ether oxygens (including phenoxy) is 1. The largest absolute Gasteiger partial charge is 0.497 e. The van der Waals surface area contributed by atoms with Gasteiger partial charge in [0, 0.05) is 0 Å². The van der Waals surface area contributed by atoms with E-state index in [-0.39, 0.29) is 6.04 Å². The maximum atomic E-state index is 5.24. The maximum Gasteiger partial charge on any atom is 0.160 e. The van der Waals surface area contributed by atoms with Gasteiger partial charge < -0.3 is 10.1 Å². The predicted molar refractivity (Wildman–Crippen MR) is 76.7 cm³/mol. The van der Waals surface area contributed by atoms with Crippen molar-refractivity contribution in [1.82, 2.24) is 20.2 Å². The van der Waals surface area contributed by atoms with Crippen molar-refractivity contribution in [3.05, 3.63) is 42.4 Å². The molecule has 0 bridgehead atoms. The number of H-pyrrole nitrogens is 1. The molecule has 0 amide bonds. The molecule has 2 heterocycles. The van der Waals surface area contributed by atoms with Crippen molar-refractivity contribution in [1.29, 1.82) is 0 Å². The van der Waals surface area contributed by atoms with Gasteiger partial charge in [-0.05, 0) is 24.6 Å². The van der Waals surface area contributed by atoms with Gasteiger partial charge in [-0.2, -0.15) is 5.10 Å². The Bertz CT molecular complexity index is 724. The van der Waals surface area contributed by atoms with Crippen LogP contribution in [0, 0.1) is 0 Å². The van der Waals surface area contributed by atoms with Crippen LogP contribution in [0.3, 0.4) is 0 Å². The van der Waals surface area contributed by atoms with Crippen molar-refractivity contribution in [3.63, 3.8) is 0 Å². The van der Waals surface area contributed by atoms with E-state index >= 15 is 0 Å². The summed E-state index contributed by atoms with van der Waals surface area (Å²) in [5.74, 6) is 1.60. The molecule has 0 saturated heterocycles. The molecule has 3 aromatic rings. The summed E-state index contributed by atoms with van der Waals surface area (Å²) >= 11 is 0. The van der Waals surface area contributed by atoms with Crippen LogP contribution >= 0.6 is 0 Å². The minimum Gasteiger partial charge on any atom is -0.497 e. The molecule has 0 aliphatic rings. The van der Waals surface area contributed by atoms with Gasteiger partial charge in [0.25, 0.3) is 0 Å². The summed E-state index contributed by atoms with van der Waals surface area (Å²) in [6.45, 7) is 2.07. The smallest absolute Gasteiger partial charge is 0.160 e. The number of anilines is 1. The van der Waals surface area contributed by atoms with E-state index in [0.29, 0.717) is 0 Å². The van der Waals surface area contributed by atoms with Gasteiger partial charge in [0.2, 0.25) is 0 Å². The van der Waals surface area contributed by atoms with Crippen LogP contribution in [0.1, 0.15) is 18.5 Å². The Morgan fingerprint density at radius 1 is 1.30 bits per heavy atom. The van der Waals surface area contributed by atoms with E-state index in [1.807, 2.05) is 24.3 Å². The first-order valence-corrected chi connectivity index (χ1v) is 6.32. The predicted octanol–water partition coefficient (Wildman–Crippen LogP) is 2.53.